The highest BCUT2D eigenvalue weighted by molar-refractivity contribution is 7.18. The number of hydrazone groups is 1. The van der Waals surface area contributed by atoms with Crippen LogP contribution in [0.4, 0.5) is 4.39 Å². The molecular weight excluding hydrogens is 555 g/mol. The van der Waals surface area contributed by atoms with E-state index in [1.165, 1.54) is 41.2 Å². The summed E-state index contributed by atoms with van der Waals surface area (Å²) in [6.07, 6.45) is 5.73. The Morgan fingerprint density at radius 3 is 2.95 bits per heavy atom. The zero-order valence-corrected chi connectivity index (χ0v) is 23.8. The summed E-state index contributed by atoms with van der Waals surface area (Å²) in [7, 11) is 1.48. The minimum atomic E-state index is -0.810. The van der Waals surface area contributed by atoms with E-state index in [1.54, 1.807) is 42.5 Å². The van der Waals surface area contributed by atoms with Crippen molar-refractivity contribution in [1.82, 2.24) is 15.0 Å². The van der Waals surface area contributed by atoms with Gasteiger partial charge in [-0.3, -0.25) is 14.2 Å². The number of benzene rings is 2. The fourth-order valence-electron chi connectivity index (χ4n) is 4.71. The number of nitrogens with one attached hydrogen (secondary N) is 1. The molecule has 208 valence electrons. The van der Waals surface area contributed by atoms with Crippen LogP contribution in [0.2, 0.25) is 5.02 Å². The lowest BCUT2D eigenvalue weighted by molar-refractivity contribution is -0.123. The molecule has 2 atom stereocenters. The normalized spacial score (nSPS) is 15.7. The van der Waals surface area contributed by atoms with E-state index in [0.717, 1.165) is 29.7 Å². The monoisotopic (exact) mass is 582 g/mol. The van der Waals surface area contributed by atoms with Gasteiger partial charge in [-0.15, -0.1) is 11.3 Å². The number of ether oxygens (including phenoxy) is 2. The predicted octanol–water partition coefficient (Wildman–Crippen LogP) is 5.67. The van der Waals surface area contributed by atoms with Crippen LogP contribution in [-0.4, -0.2) is 28.8 Å². The van der Waals surface area contributed by atoms with Crippen molar-refractivity contribution < 1.29 is 18.7 Å². The third kappa shape index (κ3) is 5.59. The Hall–Kier alpha value is -3.76. The SMILES string of the molecule is COc1cc(C=NNC(=O)C(C)n2cnc3sc4c(c3c2=O)CCC(C)C4)ccc1OCc1c(F)cccc1Cl. The first kappa shape index (κ1) is 27.8. The van der Waals surface area contributed by atoms with Crippen molar-refractivity contribution in [2.24, 2.45) is 11.0 Å². The average Bonchev–Trinajstić information content (AvgIpc) is 3.31. The van der Waals surface area contributed by atoms with Crippen LogP contribution in [-0.2, 0) is 24.2 Å². The van der Waals surface area contributed by atoms with Crippen molar-refractivity contribution in [1.29, 1.82) is 0 Å². The van der Waals surface area contributed by atoms with Gasteiger partial charge in [0.1, 0.15) is 23.3 Å². The van der Waals surface area contributed by atoms with Crippen LogP contribution in [0, 0.1) is 11.7 Å². The van der Waals surface area contributed by atoms with Crippen molar-refractivity contribution in [2.75, 3.05) is 7.11 Å². The molecule has 8 nitrogen and oxygen atoms in total. The molecule has 11 heteroatoms. The maximum absolute atomic E-state index is 14.1. The molecule has 1 aliphatic rings. The number of carbonyl (C=O) groups excluding carboxylic acids is 1. The summed E-state index contributed by atoms with van der Waals surface area (Å²) < 4.78 is 26.5. The van der Waals surface area contributed by atoms with Gasteiger partial charge in [0.25, 0.3) is 11.5 Å². The lowest BCUT2D eigenvalue weighted by atomic mass is 9.89. The number of amides is 1. The van der Waals surface area contributed by atoms with Crippen molar-refractivity contribution in [3.8, 4) is 11.5 Å². The number of carbonyl (C=O) groups is 1. The number of halogens is 2. The van der Waals surface area contributed by atoms with Crippen LogP contribution in [0.25, 0.3) is 10.2 Å². The molecule has 0 saturated heterocycles. The molecule has 0 aliphatic heterocycles. The average molecular weight is 583 g/mol. The molecule has 5 rings (SSSR count). The Morgan fingerprint density at radius 1 is 1.35 bits per heavy atom. The molecular formula is C29H28ClFN4O4S. The van der Waals surface area contributed by atoms with Crippen LogP contribution in [0.1, 0.15) is 47.9 Å². The minimum Gasteiger partial charge on any atom is -0.493 e. The van der Waals surface area contributed by atoms with Gasteiger partial charge < -0.3 is 9.47 Å². The topological polar surface area (TPSA) is 94.8 Å². The summed E-state index contributed by atoms with van der Waals surface area (Å²) in [5.41, 5.74) is 4.24. The van der Waals surface area contributed by atoms with Crippen LogP contribution in [0.5, 0.6) is 11.5 Å². The molecule has 2 heterocycles. The Labute approximate surface area is 239 Å². The Balaban J connectivity index is 1.26. The number of rotatable bonds is 8. The molecule has 1 aliphatic carbocycles. The predicted molar refractivity (Wildman–Crippen MR) is 154 cm³/mol. The van der Waals surface area contributed by atoms with Crippen LogP contribution in [0.3, 0.4) is 0 Å². The minimum absolute atomic E-state index is 0.0728. The van der Waals surface area contributed by atoms with Gasteiger partial charge in [-0.25, -0.2) is 14.8 Å². The Bertz CT molecular complexity index is 1650. The number of hydrogen-bond acceptors (Lipinski definition) is 7. The molecule has 2 aromatic heterocycles. The molecule has 1 amide bonds. The Kier molecular flexibility index (Phi) is 8.18. The van der Waals surface area contributed by atoms with E-state index in [2.05, 4.69) is 22.4 Å². The largest absolute Gasteiger partial charge is 0.493 e. The molecule has 0 bridgehead atoms. The summed E-state index contributed by atoms with van der Waals surface area (Å²) in [4.78, 5) is 32.6. The molecule has 0 saturated carbocycles. The van der Waals surface area contributed by atoms with Crippen molar-refractivity contribution in [2.45, 2.75) is 45.8 Å². The highest BCUT2D eigenvalue weighted by Gasteiger charge is 2.25. The van der Waals surface area contributed by atoms with Gasteiger partial charge in [-0.2, -0.15) is 5.10 Å². The summed E-state index contributed by atoms with van der Waals surface area (Å²) in [5, 5.41) is 4.95. The number of aryl methyl sites for hydroxylation is 1. The maximum Gasteiger partial charge on any atom is 0.263 e. The van der Waals surface area contributed by atoms with Gasteiger partial charge in [0.2, 0.25) is 0 Å². The van der Waals surface area contributed by atoms with E-state index in [-0.39, 0.29) is 22.8 Å². The fourth-order valence-corrected chi connectivity index (χ4v) is 6.27. The molecule has 40 heavy (non-hydrogen) atoms. The molecule has 0 spiro atoms. The van der Waals surface area contributed by atoms with Crippen molar-refractivity contribution >= 4 is 45.3 Å². The van der Waals surface area contributed by atoms with Crippen LogP contribution < -0.4 is 20.5 Å². The highest BCUT2D eigenvalue weighted by atomic mass is 35.5. The molecule has 1 N–H and O–H groups in total. The van der Waals surface area contributed by atoms with Crippen molar-refractivity contribution in [3.63, 3.8) is 0 Å². The third-order valence-electron chi connectivity index (χ3n) is 7.05. The highest BCUT2D eigenvalue weighted by Crippen LogP contribution is 2.35. The van der Waals surface area contributed by atoms with E-state index in [9.17, 15) is 14.0 Å². The van der Waals surface area contributed by atoms with Crippen LogP contribution in [0.15, 0.2) is 52.6 Å². The lowest BCUT2D eigenvalue weighted by Crippen LogP contribution is -2.34. The number of aromatic nitrogens is 2. The van der Waals surface area contributed by atoms with E-state index < -0.39 is 17.8 Å². The van der Waals surface area contributed by atoms with E-state index in [0.29, 0.717) is 28.4 Å². The molecule has 4 aromatic rings. The lowest BCUT2D eigenvalue weighted by Gasteiger charge is -2.18. The van der Waals surface area contributed by atoms with Gasteiger partial charge in [0, 0.05) is 10.4 Å². The quantitative estimate of drug-likeness (QED) is 0.213. The second-order valence-electron chi connectivity index (χ2n) is 9.80. The smallest absolute Gasteiger partial charge is 0.263 e. The number of thiophene rings is 1. The summed E-state index contributed by atoms with van der Waals surface area (Å²) in [5.74, 6) is 0.472. The number of nitrogens with zero attached hydrogens (tertiary/aromatic N) is 3. The fraction of sp³-hybridized carbons (Fsp3) is 0.310. The standard InChI is InChI=1S/C29H28ClFN4O4S/c1-16-7-9-19-25(11-16)40-28-26(19)29(37)35(15-32-28)17(2)27(36)34-33-13-18-8-10-23(24(12-18)38-3)39-14-20-21(30)5-4-6-22(20)31/h4-6,8,10,12-13,15-17H,7,9,11,14H2,1-3H3,(H,34,36). The van der Waals surface area contributed by atoms with E-state index in [4.69, 9.17) is 21.1 Å². The number of hydrogen-bond donors (Lipinski definition) is 1. The first-order valence-electron chi connectivity index (χ1n) is 12.8. The zero-order valence-electron chi connectivity index (χ0n) is 22.2. The molecule has 2 unspecified atom stereocenters. The maximum atomic E-state index is 14.1. The van der Waals surface area contributed by atoms with Gasteiger partial charge in [-0.1, -0.05) is 24.6 Å². The molecule has 0 fully saturated rings. The summed E-state index contributed by atoms with van der Waals surface area (Å²) in [6, 6.07) is 8.66. The van der Waals surface area contributed by atoms with Gasteiger partial charge in [-0.05, 0) is 73.6 Å². The van der Waals surface area contributed by atoms with Gasteiger partial charge in [0.15, 0.2) is 11.5 Å². The van der Waals surface area contributed by atoms with E-state index in [1.807, 2.05) is 0 Å². The van der Waals surface area contributed by atoms with E-state index >= 15 is 0 Å². The number of fused-ring (bicyclic) bond motifs is 3. The molecule has 0 radical (unpaired) electrons. The third-order valence-corrected chi connectivity index (χ3v) is 8.56. The first-order valence-corrected chi connectivity index (χ1v) is 14.0. The first-order chi connectivity index (χ1) is 19.3. The van der Waals surface area contributed by atoms with Crippen molar-refractivity contribution in [3.05, 3.63) is 85.5 Å². The molecule has 2 aromatic carbocycles. The second-order valence-corrected chi connectivity index (χ2v) is 11.3. The van der Waals surface area contributed by atoms with Gasteiger partial charge >= 0.3 is 0 Å². The Morgan fingerprint density at radius 2 is 2.17 bits per heavy atom. The van der Waals surface area contributed by atoms with Crippen LogP contribution >= 0.6 is 22.9 Å². The summed E-state index contributed by atoms with van der Waals surface area (Å²) in [6.45, 7) is 3.78. The second kappa shape index (κ2) is 11.8. The number of methoxy groups -OCH3 is 1. The zero-order chi connectivity index (χ0) is 28.4. The van der Waals surface area contributed by atoms with Gasteiger partial charge in [0.05, 0.1) is 30.1 Å². The summed E-state index contributed by atoms with van der Waals surface area (Å²) >= 11 is 7.65.